The Morgan fingerprint density at radius 2 is 1.58 bits per heavy atom. The standard InChI is InChI=1S/C20H26N3OS.H2O/c1-4-23(5-2,6-3)19-14-10-7-11-16(19)15-25(24)20-21-17-12-8-9-13-18(17)22-20;/h7-14H,4-6,15H2,1-3H3,(H,21,22);1H2/q+1;/p-1. The van der Waals surface area contributed by atoms with Gasteiger partial charge < -0.3 is 10.5 Å². The van der Waals surface area contributed by atoms with E-state index in [1.165, 1.54) is 5.69 Å². The number of hydrogen-bond acceptors (Lipinski definition) is 3. The molecule has 0 spiro atoms. The van der Waals surface area contributed by atoms with Crippen molar-refractivity contribution in [2.75, 3.05) is 19.6 Å². The van der Waals surface area contributed by atoms with Crippen molar-refractivity contribution < 1.29 is 9.69 Å². The zero-order chi connectivity index (χ0) is 17.9. The number of fused-ring (bicyclic) bond motifs is 1. The molecular weight excluding hydrogens is 346 g/mol. The van der Waals surface area contributed by atoms with Gasteiger partial charge in [-0.25, -0.2) is 4.98 Å². The molecule has 0 amide bonds. The summed E-state index contributed by atoms with van der Waals surface area (Å²) in [7, 11) is -1.19. The zero-order valence-electron chi connectivity index (χ0n) is 15.6. The number of H-pyrrole nitrogens is 1. The highest BCUT2D eigenvalue weighted by Gasteiger charge is 2.28. The molecule has 3 rings (SSSR count). The fourth-order valence-electron chi connectivity index (χ4n) is 3.52. The van der Waals surface area contributed by atoms with Gasteiger partial charge in [0, 0.05) is 5.56 Å². The van der Waals surface area contributed by atoms with Crippen LogP contribution in [0.2, 0.25) is 0 Å². The Kier molecular flexibility index (Phi) is 6.69. The van der Waals surface area contributed by atoms with Gasteiger partial charge in [-0.05, 0) is 39.0 Å². The summed E-state index contributed by atoms with van der Waals surface area (Å²) in [4.78, 5) is 7.70. The lowest BCUT2D eigenvalue weighted by molar-refractivity contribution is 0.314. The maximum absolute atomic E-state index is 12.9. The van der Waals surface area contributed by atoms with Crippen LogP contribution in [0.5, 0.6) is 0 Å². The number of quaternary nitrogens is 1. The van der Waals surface area contributed by atoms with E-state index in [1.54, 1.807) is 0 Å². The molecule has 2 aromatic carbocycles. The summed E-state index contributed by atoms with van der Waals surface area (Å²) in [5.74, 6) is 0.482. The lowest BCUT2D eigenvalue weighted by Gasteiger charge is -2.36. The summed E-state index contributed by atoms with van der Waals surface area (Å²) in [5.41, 5.74) is 4.21. The normalized spacial score (nSPS) is 12.7. The van der Waals surface area contributed by atoms with Gasteiger partial charge in [0.25, 0.3) is 0 Å². The summed E-state index contributed by atoms with van der Waals surface area (Å²) in [5, 5.41) is 0.554. The summed E-state index contributed by atoms with van der Waals surface area (Å²) < 4.78 is 13.8. The molecule has 140 valence electrons. The molecular formula is C20H27N3O2S. The first-order chi connectivity index (χ1) is 12.1. The topological polar surface area (TPSA) is 75.8 Å². The van der Waals surface area contributed by atoms with Crippen LogP contribution in [0.25, 0.3) is 11.0 Å². The van der Waals surface area contributed by atoms with Crippen molar-refractivity contribution in [3.8, 4) is 0 Å². The molecule has 1 atom stereocenters. The van der Waals surface area contributed by atoms with Crippen molar-refractivity contribution in [3.63, 3.8) is 0 Å². The molecule has 1 heterocycles. The molecule has 0 fully saturated rings. The van der Waals surface area contributed by atoms with Gasteiger partial charge in [0.05, 0.1) is 47.2 Å². The van der Waals surface area contributed by atoms with Gasteiger partial charge in [0.1, 0.15) is 5.69 Å². The molecule has 6 heteroatoms. The highest BCUT2D eigenvalue weighted by molar-refractivity contribution is 7.84. The van der Waals surface area contributed by atoms with Crippen molar-refractivity contribution in [2.24, 2.45) is 0 Å². The summed E-state index contributed by atoms with van der Waals surface area (Å²) >= 11 is 0. The van der Waals surface area contributed by atoms with Crippen LogP contribution in [0.4, 0.5) is 5.69 Å². The van der Waals surface area contributed by atoms with E-state index in [0.29, 0.717) is 10.9 Å². The monoisotopic (exact) mass is 373 g/mol. The van der Waals surface area contributed by atoms with Gasteiger partial charge in [-0.3, -0.25) is 8.69 Å². The fraction of sp³-hybridized carbons (Fsp3) is 0.350. The van der Waals surface area contributed by atoms with Crippen molar-refractivity contribution in [1.29, 1.82) is 0 Å². The van der Waals surface area contributed by atoms with E-state index in [9.17, 15) is 4.21 Å². The Bertz CT molecular complexity index is 846. The van der Waals surface area contributed by atoms with E-state index in [4.69, 9.17) is 0 Å². The molecule has 2 N–H and O–H groups in total. The third-order valence-electron chi connectivity index (χ3n) is 5.19. The Hall–Kier alpha value is -2.02. The van der Waals surface area contributed by atoms with Crippen LogP contribution in [0.15, 0.2) is 53.7 Å². The number of para-hydroxylation sites is 3. The SMILES string of the molecule is CC[N+](CC)(CC)c1ccccc1CS(=O)c1nc2ccccc2[nH]1.[OH-]. The summed E-state index contributed by atoms with van der Waals surface area (Å²) in [6, 6.07) is 16.2. The average Bonchev–Trinajstić information content (AvgIpc) is 3.09. The molecule has 0 saturated carbocycles. The number of rotatable bonds is 7. The number of aromatic nitrogens is 2. The molecule has 0 aliphatic heterocycles. The largest absolute Gasteiger partial charge is 0.870 e. The van der Waals surface area contributed by atoms with Crippen LogP contribution in [-0.2, 0) is 16.6 Å². The van der Waals surface area contributed by atoms with Crippen molar-refractivity contribution in [2.45, 2.75) is 31.7 Å². The maximum atomic E-state index is 12.9. The number of nitrogens with zero attached hydrogens (tertiary/aromatic N) is 2. The van der Waals surface area contributed by atoms with E-state index >= 15 is 0 Å². The zero-order valence-corrected chi connectivity index (χ0v) is 16.4. The second-order valence-electron chi connectivity index (χ2n) is 6.27. The molecule has 0 aliphatic carbocycles. The van der Waals surface area contributed by atoms with E-state index in [0.717, 1.165) is 40.7 Å². The summed E-state index contributed by atoms with van der Waals surface area (Å²) in [6.45, 7) is 9.75. The second kappa shape index (κ2) is 8.58. The smallest absolute Gasteiger partial charge is 0.197 e. The number of imidazole rings is 1. The van der Waals surface area contributed by atoms with Crippen molar-refractivity contribution in [1.82, 2.24) is 14.5 Å². The molecule has 26 heavy (non-hydrogen) atoms. The number of nitrogens with one attached hydrogen (secondary N) is 1. The van der Waals surface area contributed by atoms with Gasteiger partial charge >= 0.3 is 0 Å². The first-order valence-electron chi connectivity index (χ1n) is 8.91. The van der Waals surface area contributed by atoms with Crippen molar-refractivity contribution in [3.05, 3.63) is 54.1 Å². The molecule has 1 unspecified atom stereocenters. The third-order valence-corrected chi connectivity index (χ3v) is 6.39. The number of hydrogen-bond donors (Lipinski definition) is 1. The Morgan fingerprint density at radius 3 is 2.23 bits per heavy atom. The van der Waals surface area contributed by atoms with Gasteiger partial charge in [0.2, 0.25) is 0 Å². The van der Waals surface area contributed by atoms with Crippen LogP contribution in [-0.4, -0.2) is 39.3 Å². The fourth-order valence-corrected chi connectivity index (χ4v) is 4.61. The van der Waals surface area contributed by atoms with Crippen molar-refractivity contribution >= 4 is 27.5 Å². The Labute approximate surface area is 157 Å². The minimum Gasteiger partial charge on any atom is -0.870 e. The molecule has 0 saturated heterocycles. The highest BCUT2D eigenvalue weighted by Crippen LogP contribution is 2.29. The predicted octanol–water partition coefficient (Wildman–Crippen LogP) is 4.06. The van der Waals surface area contributed by atoms with Crippen LogP contribution < -0.4 is 4.48 Å². The van der Waals surface area contributed by atoms with E-state index in [-0.39, 0.29) is 5.48 Å². The average molecular weight is 374 g/mol. The molecule has 1 aromatic heterocycles. The van der Waals surface area contributed by atoms with E-state index in [1.807, 2.05) is 30.3 Å². The highest BCUT2D eigenvalue weighted by atomic mass is 32.2. The van der Waals surface area contributed by atoms with Crippen LogP contribution in [0, 0.1) is 0 Å². The predicted molar refractivity (Wildman–Crippen MR) is 108 cm³/mol. The number of aromatic amines is 1. The van der Waals surface area contributed by atoms with E-state index in [2.05, 4.69) is 48.9 Å². The lowest BCUT2D eigenvalue weighted by Crippen LogP contribution is -2.49. The molecule has 3 aromatic rings. The number of benzene rings is 2. The second-order valence-corrected chi connectivity index (χ2v) is 7.64. The minimum absolute atomic E-state index is 0. The third kappa shape index (κ3) is 3.72. The Morgan fingerprint density at radius 1 is 0.962 bits per heavy atom. The lowest BCUT2D eigenvalue weighted by atomic mass is 10.1. The van der Waals surface area contributed by atoms with Crippen LogP contribution in [0.3, 0.4) is 0 Å². The quantitative estimate of drug-likeness (QED) is 0.635. The first kappa shape index (κ1) is 20.3. The van der Waals surface area contributed by atoms with Crippen LogP contribution >= 0.6 is 0 Å². The maximum Gasteiger partial charge on any atom is 0.197 e. The molecule has 0 aliphatic rings. The minimum atomic E-state index is -1.19. The molecule has 0 radical (unpaired) electrons. The molecule has 5 nitrogen and oxygen atoms in total. The summed E-state index contributed by atoms with van der Waals surface area (Å²) in [6.07, 6.45) is 0. The van der Waals surface area contributed by atoms with Gasteiger partial charge in [-0.2, -0.15) is 0 Å². The van der Waals surface area contributed by atoms with Gasteiger partial charge in [0.15, 0.2) is 5.16 Å². The molecule has 0 bridgehead atoms. The first-order valence-corrected chi connectivity index (χ1v) is 10.2. The van der Waals surface area contributed by atoms with Gasteiger partial charge in [-0.15, -0.1) is 0 Å². The van der Waals surface area contributed by atoms with E-state index < -0.39 is 10.8 Å². The van der Waals surface area contributed by atoms with Gasteiger partial charge in [-0.1, -0.05) is 30.3 Å². The Balaban J connectivity index is 0.00000243. The van der Waals surface area contributed by atoms with Crippen LogP contribution in [0.1, 0.15) is 26.3 Å².